The van der Waals surface area contributed by atoms with E-state index in [0.717, 1.165) is 16.7 Å². The minimum Gasteiger partial charge on any atom is -0.493 e. The van der Waals surface area contributed by atoms with Gasteiger partial charge in [-0.05, 0) is 48.5 Å². The quantitative estimate of drug-likeness (QED) is 0.381. The molecule has 1 saturated heterocycles. The number of esters is 1. The molecular weight excluding hydrogens is 505 g/mol. The third-order valence-corrected chi connectivity index (χ3v) is 6.23. The van der Waals surface area contributed by atoms with Crippen molar-refractivity contribution in [2.75, 3.05) is 14.2 Å². The molecule has 0 saturated carbocycles. The number of carbonyl (C=O) groups excluding carboxylic acids is 3. The van der Waals surface area contributed by atoms with Gasteiger partial charge in [0.25, 0.3) is 11.1 Å². The number of hydrogen-bond donors (Lipinski definition) is 0. The summed E-state index contributed by atoms with van der Waals surface area (Å²) < 4.78 is 30.1. The normalized spacial score (nSPS) is 15.8. The summed E-state index contributed by atoms with van der Waals surface area (Å²) in [4.78, 5) is 37.8. The minimum atomic E-state index is -1.04. The van der Waals surface area contributed by atoms with Crippen molar-refractivity contribution in [2.45, 2.75) is 19.6 Å². The summed E-state index contributed by atoms with van der Waals surface area (Å²) in [7, 11) is 2.64. The van der Waals surface area contributed by atoms with Crippen molar-refractivity contribution in [1.29, 1.82) is 0 Å². The van der Waals surface area contributed by atoms with E-state index in [1.54, 1.807) is 30.3 Å². The van der Waals surface area contributed by atoms with E-state index in [1.807, 2.05) is 0 Å². The van der Waals surface area contributed by atoms with E-state index in [2.05, 4.69) is 20.7 Å². The van der Waals surface area contributed by atoms with Gasteiger partial charge in [0, 0.05) is 10.0 Å². The Labute approximate surface area is 196 Å². The largest absolute Gasteiger partial charge is 0.493 e. The van der Waals surface area contributed by atoms with Crippen LogP contribution >= 0.6 is 27.7 Å². The average Bonchev–Trinajstić information content (AvgIpc) is 3.06. The van der Waals surface area contributed by atoms with Crippen molar-refractivity contribution < 1.29 is 33.0 Å². The second-order valence-electron chi connectivity index (χ2n) is 6.66. The third kappa shape index (κ3) is 4.97. The Balaban J connectivity index is 1.85. The molecule has 0 aliphatic carbocycles. The van der Waals surface area contributed by atoms with E-state index in [9.17, 15) is 18.8 Å². The highest BCUT2D eigenvalue weighted by atomic mass is 79.9. The zero-order valence-electron chi connectivity index (χ0n) is 17.4. The van der Waals surface area contributed by atoms with Crippen LogP contribution in [0.25, 0.3) is 6.08 Å². The van der Waals surface area contributed by atoms with Crippen molar-refractivity contribution in [3.63, 3.8) is 0 Å². The molecule has 0 bridgehead atoms. The lowest BCUT2D eigenvalue weighted by atomic mass is 10.1. The van der Waals surface area contributed by atoms with Crippen molar-refractivity contribution in [2.24, 2.45) is 0 Å². The maximum absolute atomic E-state index is 13.9. The molecule has 1 fully saturated rings. The molecule has 0 radical (unpaired) electrons. The Hall–Kier alpha value is -2.85. The number of benzene rings is 2. The number of nitrogens with zero attached hydrogens (tertiary/aromatic N) is 1. The number of amides is 2. The maximum Gasteiger partial charge on any atom is 0.328 e. The number of carbonyl (C=O) groups is 3. The van der Waals surface area contributed by atoms with Crippen molar-refractivity contribution in [3.05, 3.63) is 62.7 Å². The van der Waals surface area contributed by atoms with E-state index in [1.165, 1.54) is 33.3 Å². The van der Waals surface area contributed by atoms with Gasteiger partial charge in [-0.15, -0.1) is 0 Å². The van der Waals surface area contributed by atoms with Gasteiger partial charge >= 0.3 is 5.97 Å². The fourth-order valence-electron chi connectivity index (χ4n) is 2.94. The number of hydrogen-bond acceptors (Lipinski definition) is 7. The number of methoxy groups -OCH3 is 2. The first-order valence-corrected chi connectivity index (χ1v) is 11.0. The fourth-order valence-corrected chi connectivity index (χ4v) is 4.27. The van der Waals surface area contributed by atoms with Gasteiger partial charge in [0.15, 0.2) is 11.5 Å². The minimum absolute atomic E-state index is 0.000868. The molecule has 0 spiro atoms. The van der Waals surface area contributed by atoms with Gasteiger partial charge in [0.1, 0.15) is 18.5 Å². The zero-order valence-corrected chi connectivity index (χ0v) is 19.8. The van der Waals surface area contributed by atoms with Crippen LogP contribution in [0.15, 0.2) is 45.8 Å². The molecule has 7 nitrogen and oxygen atoms in total. The summed E-state index contributed by atoms with van der Waals surface area (Å²) in [6.07, 6.45) is 1.52. The van der Waals surface area contributed by atoms with Crippen molar-refractivity contribution in [1.82, 2.24) is 4.90 Å². The predicted molar refractivity (Wildman–Crippen MR) is 121 cm³/mol. The summed E-state index contributed by atoms with van der Waals surface area (Å²) in [6, 6.07) is 8.50. The molecule has 2 amide bonds. The number of rotatable bonds is 7. The number of halogens is 2. The lowest BCUT2D eigenvalue weighted by molar-refractivity contribution is -0.148. The molecule has 1 aliphatic heterocycles. The number of imide groups is 1. The summed E-state index contributed by atoms with van der Waals surface area (Å²) >= 11 is 4.15. The Morgan fingerprint density at radius 1 is 1.22 bits per heavy atom. The van der Waals surface area contributed by atoms with Gasteiger partial charge in [0.2, 0.25) is 0 Å². The predicted octanol–water partition coefficient (Wildman–Crippen LogP) is 4.77. The zero-order chi connectivity index (χ0) is 23.4. The van der Waals surface area contributed by atoms with E-state index in [-0.39, 0.29) is 17.3 Å². The van der Waals surface area contributed by atoms with Crippen LogP contribution in [0.2, 0.25) is 0 Å². The van der Waals surface area contributed by atoms with Gasteiger partial charge in [-0.1, -0.05) is 34.1 Å². The molecule has 3 rings (SSSR count). The highest BCUT2D eigenvalue weighted by Crippen LogP contribution is 2.39. The van der Waals surface area contributed by atoms with Crippen LogP contribution in [-0.4, -0.2) is 42.3 Å². The Bertz CT molecular complexity index is 1110. The molecule has 10 heteroatoms. The first-order valence-electron chi connectivity index (χ1n) is 9.35. The standard InChI is InChI=1S/C22H19BrFNO6S/c1-12(21(27)30-3)25-20(26)19(32-22(25)28)9-14-8-17(29-2)18(10-15(14)23)31-11-13-6-4-5-7-16(13)24/h4-10,12H,11H2,1-3H3/b19-9+/t12-/m0/s1. The SMILES string of the molecule is COC(=O)[C@H](C)N1C(=O)S/C(=C/c2cc(OC)c(OCc3ccccc3F)cc2Br)C1=O. The second-order valence-corrected chi connectivity index (χ2v) is 8.50. The van der Waals surface area contributed by atoms with E-state index < -0.39 is 23.2 Å². The highest BCUT2D eigenvalue weighted by Gasteiger charge is 2.41. The molecule has 2 aromatic carbocycles. The van der Waals surface area contributed by atoms with Crippen LogP contribution in [0.1, 0.15) is 18.1 Å². The Kier molecular flexibility index (Phi) is 7.57. The lowest BCUT2D eigenvalue weighted by Crippen LogP contribution is -2.42. The number of thioether (sulfide) groups is 1. The molecule has 168 valence electrons. The average molecular weight is 524 g/mol. The third-order valence-electron chi connectivity index (χ3n) is 4.66. The molecule has 0 aromatic heterocycles. The number of ether oxygens (including phenoxy) is 3. The summed E-state index contributed by atoms with van der Waals surface area (Å²) in [5, 5.41) is -0.563. The van der Waals surface area contributed by atoms with E-state index >= 15 is 0 Å². The molecule has 1 heterocycles. The monoisotopic (exact) mass is 523 g/mol. The second kappa shape index (κ2) is 10.2. The maximum atomic E-state index is 13.9. The van der Waals surface area contributed by atoms with Crippen LogP contribution < -0.4 is 9.47 Å². The summed E-state index contributed by atoms with van der Waals surface area (Å²) in [5.41, 5.74) is 0.944. The highest BCUT2D eigenvalue weighted by molar-refractivity contribution is 9.10. The van der Waals surface area contributed by atoms with Gasteiger partial charge in [-0.25, -0.2) is 9.18 Å². The molecule has 32 heavy (non-hydrogen) atoms. The van der Waals surface area contributed by atoms with Crippen LogP contribution in [0.4, 0.5) is 9.18 Å². The Morgan fingerprint density at radius 3 is 2.59 bits per heavy atom. The molecule has 1 aliphatic rings. The fraction of sp³-hybridized carbons (Fsp3) is 0.227. The van der Waals surface area contributed by atoms with Gasteiger partial charge < -0.3 is 14.2 Å². The van der Waals surface area contributed by atoms with Crippen LogP contribution in [0.3, 0.4) is 0 Å². The molecule has 1 atom stereocenters. The van der Waals surface area contributed by atoms with Gasteiger partial charge in [-0.3, -0.25) is 14.5 Å². The molecular formula is C22H19BrFNO6S. The van der Waals surface area contributed by atoms with E-state index in [4.69, 9.17) is 9.47 Å². The molecule has 0 N–H and O–H groups in total. The first-order chi connectivity index (χ1) is 15.3. The molecule has 2 aromatic rings. The van der Waals surface area contributed by atoms with Gasteiger partial charge in [-0.2, -0.15) is 0 Å². The lowest BCUT2D eigenvalue weighted by Gasteiger charge is -2.18. The summed E-state index contributed by atoms with van der Waals surface area (Å²) in [5.74, 6) is -0.930. The van der Waals surface area contributed by atoms with Crippen LogP contribution in [0.5, 0.6) is 11.5 Å². The van der Waals surface area contributed by atoms with Crippen LogP contribution in [-0.2, 0) is 20.9 Å². The summed E-state index contributed by atoms with van der Waals surface area (Å²) in [6.45, 7) is 1.42. The topological polar surface area (TPSA) is 82.1 Å². The van der Waals surface area contributed by atoms with Gasteiger partial charge in [0.05, 0.1) is 19.1 Å². The van der Waals surface area contributed by atoms with Crippen LogP contribution in [0, 0.1) is 5.82 Å². The first kappa shape index (κ1) is 23.8. The smallest absolute Gasteiger partial charge is 0.328 e. The van der Waals surface area contributed by atoms with Crippen molar-refractivity contribution >= 4 is 50.9 Å². The van der Waals surface area contributed by atoms with Crippen molar-refractivity contribution in [3.8, 4) is 11.5 Å². The van der Waals surface area contributed by atoms with E-state index in [0.29, 0.717) is 27.1 Å². The molecule has 0 unspecified atom stereocenters. The Morgan fingerprint density at radius 2 is 1.94 bits per heavy atom.